The van der Waals surface area contributed by atoms with Gasteiger partial charge in [0, 0.05) is 32.9 Å². The third kappa shape index (κ3) is 3.27. The van der Waals surface area contributed by atoms with Crippen LogP contribution in [0.2, 0.25) is 0 Å². The number of nitrogens with one attached hydrogen (secondary N) is 1. The standard InChI is InChI=1S/C11H19N5O2/c1-9(11(17)16-3-5-18-6-4-16)12-7-10-8-15(2)14-13-10/h8-9,12H,3-7H2,1-2H3. The van der Waals surface area contributed by atoms with Gasteiger partial charge in [-0.25, -0.2) is 0 Å². The van der Waals surface area contributed by atoms with Crippen LogP contribution < -0.4 is 5.32 Å². The molecule has 1 aliphatic rings. The summed E-state index contributed by atoms with van der Waals surface area (Å²) in [6.07, 6.45) is 1.83. The second-order valence-electron chi connectivity index (χ2n) is 4.42. The summed E-state index contributed by atoms with van der Waals surface area (Å²) in [5, 5.41) is 11.0. The Labute approximate surface area is 106 Å². The van der Waals surface area contributed by atoms with Crippen LogP contribution in [-0.2, 0) is 23.1 Å². The second-order valence-corrected chi connectivity index (χ2v) is 4.42. The van der Waals surface area contributed by atoms with Crippen molar-refractivity contribution < 1.29 is 9.53 Å². The smallest absolute Gasteiger partial charge is 0.239 e. The van der Waals surface area contributed by atoms with Crippen molar-refractivity contribution in [3.05, 3.63) is 11.9 Å². The molecule has 1 N–H and O–H groups in total. The van der Waals surface area contributed by atoms with Crippen LogP contribution in [0.25, 0.3) is 0 Å². The fourth-order valence-corrected chi connectivity index (χ4v) is 1.88. The fourth-order valence-electron chi connectivity index (χ4n) is 1.88. The van der Waals surface area contributed by atoms with Gasteiger partial charge in [0.1, 0.15) is 0 Å². The molecule has 7 nitrogen and oxygen atoms in total. The molecule has 2 heterocycles. The number of ether oxygens (including phenoxy) is 1. The number of hydrogen-bond donors (Lipinski definition) is 1. The van der Waals surface area contributed by atoms with Gasteiger partial charge >= 0.3 is 0 Å². The molecule has 0 saturated carbocycles. The van der Waals surface area contributed by atoms with Gasteiger partial charge in [0.05, 0.1) is 24.9 Å². The zero-order chi connectivity index (χ0) is 13.0. The van der Waals surface area contributed by atoms with E-state index in [-0.39, 0.29) is 11.9 Å². The van der Waals surface area contributed by atoms with E-state index in [4.69, 9.17) is 4.74 Å². The Kier molecular flexibility index (Phi) is 4.27. The molecular formula is C11H19N5O2. The summed E-state index contributed by atoms with van der Waals surface area (Å²) in [6.45, 7) is 5.02. The van der Waals surface area contributed by atoms with Gasteiger partial charge in [0.2, 0.25) is 5.91 Å². The fraction of sp³-hybridized carbons (Fsp3) is 0.727. The lowest BCUT2D eigenvalue weighted by atomic mass is 10.2. The van der Waals surface area contributed by atoms with E-state index in [0.717, 1.165) is 5.69 Å². The van der Waals surface area contributed by atoms with Crippen molar-refractivity contribution in [1.29, 1.82) is 0 Å². The van der Waals surface area contributed by atoms with Crippen molar-refractivity contribution >= 4 is 5.91 Å². The minimum atomic E-state index is -0.217. The quantitative estimate of drug-likeness (QED) is 0.757. The van der Waals surface area contributed by atoms with E-state index < -0.39 is 0 Å². The number of aromatic nitrogens is 3. The first kappa shape index (κ1) is 13.0. The Morgan fingerprint density at radius 2 is 2.28 bits per heavy atom. The Bertz CT molecular complexity index is 400. The molecule has 0 radical (unpaired) electrons. The Morgan fingerprint density at radius 3 is 2.89 bits per heavy atom. The Balaban J connectivity index is 1.79. The predicted octanol–water partition coefficient (Wildman–Crippen LogP) is -0.848. The van der Waals surface area contributed by atoms with E-state index in [1.165, 1.54) is 0 Å². The molecule has 0 bridgehead atoms. The minimum Gasteiger partial charge on any atom is -0.378 e. The van der Waals surface area contributed by atoms with Gasteiger partial charge in [-0.15, -0.1) is 5.10 Å². The van der Waals surface area contributed by atoms with Gasteiger partial charge in [-0.2, -0.15) is 0 Å². The molecule has 1 aliphatic heterocycles. The molecule has 1 atom stereocenters. The van der Waals surface area contributed by atoms with Crippen LogP contribution in [0.1, 0.15) is 12.6 Å². The van der Waals surface area contributed by atoms with Crippen molar-refractivity contribution in [2.75, 3.05) is 26.3 Å². The number of carbonyl (C=O) groups is 1. The monoisotopic (exact) mass is 253 g/mol. The molecule has 100 valence electrons. The van der Waals surface area contributed by atoms with Crippen LogP contribution in [-0.4, -0.2) is 58.1 Å². The van der Waals surface area contributed by atoms with Gasteiger partial charge in [-0.1, -0.05) is 5.21 Å². The molecule has 1 saturated heterocycles. The van der Waals surface area contributed by atoms with E-state index >= 15 is 0 Å². The molecule has 0 aromatic carbocycles. The summed E-state index contributed by atoms with van der Waals surface area (Å²) in [6, 6.07) is -0.217. The number of carbonyl (C=O) groups excluding carboxylic acids is 1. The molecule has 1 fully saturated rings. The van der Waals surface area contributed by atoms with E-state index in [2.05, 4.69) is 15.6 Å². The van der Waals surface area contributed by atoms with Gasteiger partial charge < -0.3 is 15.0 Å². The number of nitrogens with zero attached hydrogens (tertiary/aromatic N) is 4. The zero-order valence-corrected chi connectivity index (χ0v) is 10.8. The highest BCUT2D eigenvalue weighted by Crippen LogP contribution is 2.01. The maximum Gasteiger partial charge on any atom is 0.239 e. The first-order valence-corrected chi connectivity index (χ1v) is 6.12. The van der Waals surface area contributed by atoms with Gasteiger partial charge in [0.15, 0.2) is 0 Å². The van der Waals surface area contributed by atoms with Gasteiger partial charge in [-0.3, -0.25) is 9.48 Å². The van der Waals surface area contributed by atoms with Crippen LogP contribution in [0.4, 0.5) is 0 Å². The van der Waals surface area contributed by atoms with Gasteiger partial charge in [-0.05, 0) is 6.92 Å². The van der Waals surface area contributed by atoms with Crippen molar-refractivity contribution in [1.82, 2.24) is 25.2 Å². The van der Waals surface area contributed by atoms with Crippen LogP contribution in [0, 0.1) is 0 Å². The minimum absolute atomic E-state index is 0.113. The summed E-state index contributed by atoms with van der Waals surface area (Å²) in [4.78, 5) is 13.9. The van der Waals surface area contributed by atoms with E-state index in [1.807, 2.05) is 25.1 Å². The van der Waals surface area contributed by atoms with E-state index in [1.54, 1.807) is 4.68 Å². The molecule has 1 aromatic rings. The summed E-state index contributed by atoms with van der Waals surface area (Å²) in [5.41, 5.74) is 0.833. The summed E-state index contributed by atoms with van der Waals surface area (Å²) < 4.78 is 6.87. The molecule has 0 spiro atoms. The average Bonchev–Trinajstić information content (AvgIpc) is 2.82. The predicted molar refractivity (Wildman–Crippen MR) is 64.7 cm³/mol. The topological polar surface area (TPSA) is 72.3 Å². The number of rotatable bonds is 4. The van der Waals surface area contributed by atoms with Crippen molar-refractivity contribution in [3.8, 4) is 0 Å². The first-order chi connectivity index (χ1) is 8.66. The van der Waals surface area contributed by atoms with Crippen molar-refractivity contribution in [2.24, 2.45) is 7.05 Å². The van der Waals surface area contributed by atoms with Crippen LogP contribution >= 0.6 is 0 Å². The molecule has 1 unspecified atom stereocenters. The third-order valence-electron chi connectivity index (χ3n) is 2.93. The molecular weight excluding hydrogens is 234 g/mol. The maximum atomic E-state index is 12.1. The van der Waals surface area contributed by atoms with E-state index in [9.17, 15) is 4.79 Å². The Morgan fingerprint density at radius 1 is 1.56 bits per heavy atom. The number of aryl methyl sites for hydroxylation is 1. The van der Waals surface area contributed by atoms with Crippen LogP contribution in [0.15, 0.2) is 6.20 Å². The third-order valence-corrected chi connectivity index (χ3v) is 2.93. The molecule has 0 aliphatic carbocycles. The molecule has 18 heavy (non-hydrogen) atoms. The largest absolute Gasteiger partial charge is 0.378 e. The van der Waals surface area contributed by atoms with Crippen LogP contribution in [0.3, 0.4) is 0 Å². The lowest BCUT2D eigenvalue weighted by Crippen LogP contribution is -2.49. The Hall–Kier alpha value is -1.47. The van der Waals surface area contributed by atoms with Crippen LogP contribution in [0.5, 0.6) is 0 Å². The number of amides is 1. The molecule has 1 amide bonds. The average molecular weight is 253 g/mol. The zero-order valence-electron chi connectivity index (χ0n) is 10.8. The number of hydrogen-bond acceptors (Lipinski definition) is 5. The molecule has 1 aromatic heterocycles. The maximum absolute atomic E-state index is 12.1. The highest BCUT2D eigenvalue weighted by Gasteiger charge is 2.22. The summed E-state index contributed by atoms with van der Waals surface area (Å²) in [7, 11) is 1.82. The van der Waals surface area contributed by atoms with Crippen molar-refractivity contribution in [3.63, 3.8) is 0 Å². The molecule has 7 heteroatoms. The highest BCUT2D eigenvalue weighted by molar-refractivity contribution is 5.81. The number of morpholine rings is 1. The second kappa shape index (κ2) is 5.92. The van der Waals surface area contributed by atoms with Gasteiger partial charge in [0.25, 0.3) is 0 Å². The summed E-state index contributed by atoms with van der Waals surface area (Å²) >= 11 is 0. The SMILES string of the molecule is CC(NCc1cn(C)nn1)C(=O)N1CCOCC1. The highest BCUT2D eigenvalue weighted by atomic mass is 16.5. The van der Waals surface area contributed by atoms with E-state index in [0.29, 0.717) is 32.8 Å². The lowest BCUT2D eigenvalue weighted by molar-refractivity contribution is -0.137. The van der Waals surface area contributed by atoms with Crippen molar-refractivity contribution in [2.45, 2.75) is 19.5 Å². The summed E-state index contributed by atoms with van der Waals surface area (Å²) in [5.74, 6) is 0.113. The lowest BCUT2D eigenvalue weighted by Gasteiger charge is -2.29. The molecule has 2 rings (SSSR count). The first-order valence-electron chi connectivity index (χ1n) is 6.12. The normalized spacial score (nSPS) is 17.8.